The molecule has 0 aromatic rings. The van der Waals surface area contributed by atoms with E-state index in [2.05, 4.69) is 44.8 Å². The molecule has 0 radical (unpaired) electrons. The molecule has 4 unspecified atom stereocenters. The van der Waals surface area contributed by atoms with Gasteiger partial charge in [-0.05, 0) is 38.8 Å². The van der Waals surface area contributed by atoms with Crippen LogP contribution in [0.25, 0.3) is 0 Å². The van der Waals surface area contributed by atoms with Gasteiger partial charge in [-0.3, -0.25) is 4.90 Å². The summed E-state index contributed by atoms with van der Waals surface area (Å²) in [6.45, 7) is 16.0. The maximum Gasteiger partial charge on any atom is 0.0655 e. The third kappa shape index (κ3) is 3.20. The second-order valence-electron chi connectivity index (χ2n) is 7.31. The molecular formula is C17H34N2O. The molecule has 1 heterocycles. The molecule has 0 spiro atoms. The van der Waals surface area contributed by atoms with Crippen LogP contribution < -0.4 is 5.32 Å². The smallest absolute Gasteiger partial charge is 0.0655 e. The summed E-state index contributed by atoms with van der Waals surface area (Å²) >= 11 is 0. The van der Waals surface area contributed by atoms with Gasteiger partial charge in [0.25, 0.3) is 0 Å². The second kappa shape index (κ2) is 6.76. The average molecular weight is 282 g/mol. The van der Waals surface area contributed by atoms with Gasteiger partial charge in [0.1, 0.15) is 0 Å². The Morgan fingerprint density at radius 1 is 1.35 bits per heavy atom. The van der Waals surface area contributed by atoms with Gasteiger partial charge in [-0.2, -0.15) is 0 Å². The van der Waals surface area contributed by atoms with Crippen LogP contribution in [0.1, 0.15) is 53.9 Å². The van der Waals surface area contributed by atoms with Crippen molar-refractivity contribution >= 4 is 0 Å². The van der Waals surface area contributed by atoms with Crippen LogP contribution in [-0.4, -0.2) is 49.3 Å². The highest BCUT2D eigenvalue weighted by atomic mass is 16.5. The fourth-order valence-electron chi connectivity index (χ4n) is 3.89. The van der Waals surface area contributed by atoms with E-state index >= 15 is 0 Å². The minimum atomic E-state index is 0.306. The summed E-state index contributed by atoms with van der Waals surface area (Å²) in [6, 6.07) is 1.36. The number of hydrogen-bond donors (Lipinski definition) is 1. The largest absolute Gasteiger partial charge is 0.378 e. The lowest BCUT2D eigenvalue weighted by molar-refractivity contribution is -0.150. The first-order valence-electron chi connectivity index (χ1n) is 8.59. The maximum absolute atomic E-state index is 5.90. The third-order valence-corrected chi connectivity index (χ3v) is 5.73. The van der Waals surface area contributed by atoms with Gasteiger partial charge < -0.3 is 10.1 Å². The van der Waals surface area contributed by atoms with Gasteiger partial charge >= 0.3 is 0 Å². The zero-order valence-electron chi connectivity index (χ0n) is 14.1. The summed E-state index contributed by atoms with van der Waals surface area (Å²) in [4.78, 5) is 2.74. The van der Waals surface area contributed by atoms with Crippen molar-refractivity contribution in [1.82, 2.24) is 10.2 Å². The number of rotatable bonds is 5. The van der Waals surface area contributed by atoms with Crippen molar-refractivity contribution in [3.05, 3.63) is 0 Å². The van der Waals surface area contributed by atoms with Crippen LogP contribution in [0.3, 0.4) is 0 Å². The van der Waals surface area contributed by atoms with Gasteiger partial charge in [0, 0.05) is 30.7 Å². The van der Waals surface area contributed by atoms with Crippen molar-refractivity contribution in [2.75, 3.05) is 26.2 Å². The maximum atomic E-state index is 5.90. The highest BCUT2D eigenvalue weighted by molar-refractivity contribution is 5.04. The minimum absolute atomic E-state index is 0.306. The number of hydrogen-bond acceptors (Lipinski definition) is 3. The van der Waals surface area contributed by atoms with E-state index in [0.717, 1.165) is 12.5 Å². The zero-order valence-corrected chi connectivity index (χ0v) is 14.1. The van der Waals surface area contributed by atoms with Crippen molar-refractivity contribution in [3.8, 4) is 0 Å². The van der Waals surface area contributed by atoms with E-state index in [1.807, 2.05) is 0 Å². The molecule has 1 aliphatic carbocycles. The first-order chi connectivity index (χ1) is 9.50. The summed E-state index contributed by atoms with van der Waals surface area (Å²) in [7, 11) is 0. The molecule has 1 N–H and O–H groups in total. The molecule has 20 heavy (non-hydrogen) atoms. The molecule has 3 nitrogen and oxygen atoms in total. The van der Waals surface area contributed by atoms with E-state index in [0.29, 0.717) is 23.6 Å². The fraction of sp³-hybridized carbons (Fsp3) is 1.00. The van der Waals surface area contributed by atoms with E-state index in [4.69, 9.17) is 4.74 Å². The zero-order chi connectivity index (χ0) is 14.8. The number of ether oxygens (including phenoxy) is 1. The Bertz CT molecular complexity index is 305. The van der Waals surface area contributed by atoms with Crippen LogP contribution in [0.2, 0.25) is 0 Å². The lowest BCUT2D eigenvalue weighted by atomic mass is 9.63. The normalized spacial score (nSPS) is 36.1. The Balaban J connectivity index is 1.97. The Labute approximate surface area is 125 Å². The number of nitrogens with one attached hydrogen (secondary N) is 1. The van der Waals surface area contributed by atoms with Crippen LogP contribution >= 0.6 is 0 Å². The highest BCUT2D eigenvalue weighted by Gasteiger charge is 2.51. The van der Waals surface area contributed by atoms with Crippen molar-refractivity contribution in [1.29, 1.82) is 0 Å². The van der Waals surface area contributed by atoms with E-state index in [-0.39, 0.29) is 0 Å². The van der Waals surface area contributed by atoms with Crippen LogP contribution in [0, 0.1) is 11.3 Å². The summed E-state index contributed by atoms with van der Waals surface area (Å²) < 4.78 is 5.90. The molecule has 0 aromatic heterocycles. The molecule has 2 fully saturated rings. The Kier molecular flexibility index (Phi) is 5.49. The fourth-order valence-corrected chi connectivity index (χ4v) is 3.89. The van der Waals surface area contributed by atoms with Gasteiger partial charge in [0.15, 0.2) is 0 Å². The Morgan fingerprint density at radius 3 is 2.70 bits per heavy atom. The molecule has 4 atom stereocenters. The molecule has 0 bridgehead atoms. The van der Waals surface area contributed by atoms with Gasteiger partial charge in [-0.1, -0.05) is 34.1 Å². The molecule has 118 valence electrons. The molecule has 0 aromatic carbocycles. The van der Waals surface area contributed by atoms with Crippen LogP contribution in [-0.2, 0) is 4.74 Å². The van der Waals surface area contributed by atoms with E-state index < -0.39 is 0 Å². The van der Waals surface area contributed by atoms with Crippen molar-refractivity contribution in [2.45, 2.75) is 72.1 Å². The van der Waals surface area contributed by atoms with Gasteiger partial charge in [-0.25, -0.2) is 0 Å². The van der Waals surface area contributed by atoms with E-state index in [9.17, 15) is 0 Å². The van der Waals surface area contributed by atoms with Crippen molar-refractivity contribution < 1.29 is 4.74 Å². The summed E-state index contributed by atoms with van der Waals surface area (Å²) in [5, 5.41) is 3.76. The molecule has 2 rings (SSSR count). The molecule has 0 amide bonds. The SMILES string of the molecule is CCOC1CC(N2CCCNC(C(C)CC)C2)C1(C)C. The second-order valence-corrected chi connectivity index (χ2v) is 7.31. The van der Waals surface area contributed by atoms with Gasteiger partial charge in [0.05, 0.1) is 6.10 Å². The van der Waals surface area contributed by atoms with E-state index in [1.54, 1.807) is 0 Å². The predicted molar refractivity (Wildman–Crippen MR) is 85.0 cm³/mol. The lowest BCUT2D eigenvalue weighted by Crippen LogP contribution is -2.63. The van der Waals surface area contributed by atoms with Crippen molar-refractivity contribution in [3.63, 3.8) is 0 Å². The quantitative estimate of drug-likeness (QED) is 0.839. The topological polar surface area (TPSA) is 24.5 Å². The number of nitrogens with zero attached hydrogens (tertiary/aromatic N) is 1. The molecule has 1 saturated heterocycles. The molecular weight excluding hydrogens is 248 g/mol. The van der Waals surface area contributed by atoms with Crippen LogP contribution in [0.15, 0.2) is 0 Å². The lowest BCUT2D eigenvalue weighted by Gasteiger charge is -2.56. The summed E-state index contributed by atoms with van der Waals surface area (Å²) in [5.74, 6) is 0.765. The van der Waals surface area contributed by atoms with Gasteiger partial charge in [0.2, 0.25) is 0 Å². The van der Waals surface area contributed by atoms with Crippen LogP contribution in [0.4, 0.5) is 0 Å². The first-order valence-corrected chi connectivity index (χ1v) is 8.59. The van der Waals surface area contributed by atoms with E-state index in [1.165, 1.54) is 38.9 Å². The molecule has 1 saturated carbocycles. The molecule has 2 aliphatic rings. The minimum Gasteiger partial charge on any atom is -0.378 e. The molecule has 3 heteroatoms. The van der Waals surface area contributed by atoms with Crippen LogP contribution in [0.5, 0.6) is 0 Å². The highest BCUT2D eigenvalue weighted by Crippen LogP contribution is 2.46. The third-order valence-electron chi connectivity index (χ3n) is 5.73. The predicted octanol–water partition coefficient (Wildman–Crippen LogP) is 2.90. The molecule has 1 aliphatic heterocycles. The monoisotopic (exact) mass is 282 g/mol. The van der Waals surface area contributed by atoms with Crippen molar-refractivity contribution in [2.24, 2.45) is 11.3 Å². The average Bonchev–Trinajstić information content (AvgIpc) is 2.67. The Hall–Kier alpha value is -0.120. The standard InChI is InChI=1S/C17H34N2O/c1-6-13(3)14-12-19(10-8-9-18-14)15-11-16(20-7-2)17(15,4)5/h13-16,18H,6-12H2,1-5H3. The summed E-state index contributed by atoms with van der Waals surface area (Å²) in [6.07, 6.45) is 4.21. The summed E-state index contributed by atoms with van der Waals surface area (Å²) in [5.41, 5.74) is 0.306. The van der Waals surface area contributed by atoms with Gasteiger partial charge in [-0.15, -0.1) is 0 Å². The first kappa shape index (κ1) is 16.3. The Morgan fingerprint density at radius 2 is 2.10 bits per heavy atom.